The summed E-state index contributed by atoms with van der Waals surface area (Å²) < 4.78 is 1.26. The molecular weight excluding hydrogens is 328 g/mol. The number of rotatable bonds is 5. The van der Waals surface area contributed by atoms with Crippen molar-refractivity contribution in [3.63, 3.8) is 0 Å². The molecule has 0 bridgehead atoms. The van der Waals surface area contributed by atoms with E-state index in [9.17, 15) is 4.79 Å². The third-order valence-electron chi connectivity index (χ3n) is 4.54. The number of thiophene rings is 1. The van der Waals surface area contributed by atoms with Gasteiger partial charge in [-0.05, 0) is 46.9 Å². The van der Waals surface area contributed by atoms with E-state index in [1.807, 2.05) is 26.1 Å². The number of hydrogen-bond donors (Lipinski definition) is 1. The van der Waals surface area contributed by atoms with E-state index in [1.54, 1.807) is 16.2 Å². The predicted molar refractivity (Wildman–Crippen MR) is 106 cm³/mol. The minimum atomic E-state index is -0.0534. The Morgan fingerprint density at radius 3 is 2.60 bits per heavy atom. The molecule has 3 rings (SSSR count). The lowest BCUT2D eigenvalue weighted by molar-refractivity contribution is 0.204. The lowest BCUT2D eigenvalue weighted by Crippen LogP contribution is -2.38. The van der Waals surface area contributed by atoms with Crippen LogP contribution < -0.4 is 5.32 Å². The summed E-state index contributed by atoms with van der Waals surface area (Å²) in [6, 6.07) is 16.7. The summed E-state index contributed by atoms with van der Waals surface area (Å²) in [5, 5.41) is 6.46. The zero-order valence-corrected chi connectivity index (χ0v) is 15.8. The fourth-order valence-electron chi connectivity index (χ4n) is 2.90. The Balaban J connectivity index is 1.63. The van der Waals surface area contributed by atoms with E-state index < -0.39 is 0 Å². The first-order valence-corrected chi connectivity index (χ1v) is 9.52. The second-order valence-corrected chi connectivity index (χ2v) is 7.29. The van der Waals surface area contributed by atoms with E-state index in [4.69, 9.17) is 0 Å². The molecule has 0 fully saturated rings. The molecule has 0 aliphatic carbocycles. The molecule has 2 aromatic carbocycles. The van der Waals surface area contributed by atoms with Crippen molar-refractivity contribution in [2.75, 3.05) is 7.05 Å². The molecule has 2 amide bonds. The number of nitrogens with one attached hydrogen (secondary N) is 1. The predicted octanol–water partition coefficient (Wildman–Crippen LogP) is 5.37. The largest absolute Gasteiger partial charge is 0.331 e. The topological polar surface area (TPSA) is 32.3 Å². The number of fused-ring (bicyclic) bond motifs is 1. The van der Waals surface area contributed by atoms with Crippen molar-refractivity contribution >= 4 is 27.5 Å². The van der Waals surface area contributed by atoms with Crippen molar-refractivity contribution in [3.8, 4) is 0 Å². The van der Waals surface area contributed by atoms with Crippen molar-refractivity contribution in [2.24, 2.45) is 0 Å². The number of aryl methyl sites for hydroxylation is 1. The van der Waals surface area contributed by atoms with Gasteiger partial charge in [-0.15, -0.1) is 11.3 Å². The Morgan fingerprint density at radius 2 is 1.88 bits per heavy atom. The average Bonchev–Trinajstić information content (AvgIpc) is 3.04. The van der Waals surface area contributed by atoms with E-state index >= 15 is 0 Å². The second-order valence-electron chi connectivity index (χ2n) is 6.38. The smallest absolute Gasteiger partial charge is 0.317 e. The first kappa shape index (κ1) is 17.5. The molecule has 1 heterocycles. The summed E-state index contributed by atoms with van der Waals surface area (Å²) >= 11 is 1.72. The van der Waals surface area contributed by atoms with Crippen LogP contribution in [-0.4, -0.2) is 18.0 Å². The number of benzene rings is 2. The molecule has 0 spiro atoms. The third-order valence-corrected chi connectivity index (χ3v) is 5.56. The van der Waals surface area contributed by atoms with Gasteiger partial charge in [0.15, 0.2) is 0 Å². The van der Waals surface area contributed by atoms with E-state index in [1.165, 1.54) is 21.2 Å². The minimum absolute atomic E-state index is 0.0138. The van der Waals surface area contributed by atoms with Gasteiger partial charge in [-0.25, -0.2) is 4.79 Å². The first-order valence-electron chi connectivity index (χ1n) is 8.64. The van der Waals surface area contributed by atoms with Crippen LogP contribution in [0.5, 0.6) is 0 Å². The Hall–Kier alpha value is -2.33. The highest BCUT2D eigenvalue weighted by molar-refractivity contribution is 7.17. The molecule has 3 nitrogen and oxygen atoms in total. The number of amides is 2. The number of hydrogen-bond acceptors (Lipinski definition) is 2. The van der Waals surface area contributed by atoms with Crippen LogP contribution in [0.4, 0.5) is 4.79 Å². The quantitative estimate of drug-likeness (QED) is 0.658. The molecule has 0 saturated carbocycles. The van der Waals surface area contributed by atoms with Crippen molar-refractivity contribution in [1.29, 1.82) is 0 Å². The van der Waals surface area contributed by atoms with Crippen molar-refractivity contribution in [3.05, 3.63) is 70.6 Å². The Labute approximate surface area is 153 Å². The highest BCUT2D eigenvalue weighted by atomic mass is 32.1. The normalized spacial score (nSPS) is 12.1. The van der Waals surface area contributed by atoms with Crippen LogP contribution in [-0.2, 0) is 13.0 Å². The molecule has 1 unspecified atom stereocenters. The molecule has 0 radical (unpaired) electrons. The molecule has 3 aromatic rings. The van der Waals surface area contributed by atoms with Gasteiger partial charge in [-0.2, -0.15) is 0 Å². The zero-order chi connectivity index (χ0) is 17.8. The van der Waals surface area contributed by atoms with E-state index in [-0.39, 0.29) is 12.1 Å². The van der Waals surface area contributed by atoms with Crippen LogP contribution in [0, 0.1) is 0 Å². The van der Waals surface area contributed by atoms with Crippen LogP contribution in [0.15, 0.2) is 53.9 Å². The first-order chi connectivity index (χ1) is 12.1. The summed E-state index contributed by atoms with van der Waals surface area (Å²) in [7, 11) is 1.84. The maximum absolute atomic E-state index is 12.5. The average molecular weight is 353 g/mol. The second kappa shape index (κ2) is 7.70. The van der Waals surface area contributed by atoms with Gasteiger partial charge in [-0.3, -0.25) is 0 Å². The third kappa shape index (κ3) is 4.02. The summed E-state index contributed by atoms with van der Waals surface area (Å²) in [6.45, 7) is 4.77. The molecule has 0 aliphatic heterocycles. The minimum Gasteiger partial charge on any atom is -0.331 e. The molecule has 1 aromatic heterocycles. The van der Waals surface area contributed by atoms with Gasteiger partial charge in [0.1, 0.15) is 0 Å². The van der Waals surface area contributed by atoms with Gasteiger partial charge < -0.3 is 10.2 Å². The maximum atomic E-state index is 12.5. The van der Waals surface area contributed by atoms with Crippen molar-refractivity contribution in [1.82, 2.24) is 10.2 Å². The van der Waals surface area contributed by atoms with Crippen LogP contribution in [0.25, 0.3) is 10.1 Å². The Bertz CT molecular complexity index is 854. The molecule has 0 aliphatic rings. The van der Waals surface area contributed by atoms with E-state index in [0.717, 1.165) is 12.0 Å². The van der Waals surface area contributed by atoms with E-state index in [0.29, 0.717) is 6.54 Å². The summed E-state index contributed by atoms with van der Waals surface area (Å²) in [6.07, 6.45) is 1.03. The van der Waals surface area contributed by atoms with Crippen LogP contribution in [0.3, 0.4) is 0 Å². The monoisotopic (exact) mass is 352 g/mol. The van der Waals surface area contributed by atoms with Crippen LogP contribution in [0.1, 0.15) is 36.6 Å². The van der Waals surface area contributed by atoms with Crippen molar-refractivity contribution < 1.29 is 4.79 Å². The number of nitrogens with zero attached hydrogens (tertiary/aromatic N) is 1. The lowest BCUT2D eigenvalue weighted by atomic mass is 10.1. The van der Waals surface area contributed by atoms with Gasteiger partial charge in [0.2, 0.25) is 0 Å². The Kier molecular flexibility index (Phi) is 5.39. The molecule has 1 atom stereocenters. The van der Waals surface area contributed by atoms with Gasteiger partial charge in [0, 0.05) is 18.3 Å². The summed E-state index contributed by atoms with van der Waals surface area (Å²) in [5.41, 5.74) is 3.63. The fourth-order valence-corrected chi connectivity index (χ4v) is 3.86. The standard InChI is InChI=1S/C21H24N2OS/c1-4-16-9-11-17(12-10-16)15(2)22-21(24)23(3)13-18-14-25-20-8-6-5-7-19(18)20/h5-12,14-15H,4,13H2,1-3H3,(H,22,24). The van der Waals surface area contributed by atoms with Crippen LogP contribution >= 0.6 is 11.3 Å². The lowest BCUT2D eigenvalue weighted by Gasteiger charge is -2.21. The SMILES string of the molecule is CCc1ccc(C(C)NC(=O)N(C)Cc2csc3ccccc23)cc1. The highest BCUT2D eigenvalue weighted by Crippen LogP contribution is 2.26. The Morgan fingerprint density at radius 1 is 1.16 bits per heavy atom. The molecule has 130 valence electrons. The van der Waals surface area contributed by atoms with Gasteiger partial charge in [-0.1, -0.05) is 49.4 Å². The molecule has 4 heteroatoms. The van der Waals surface area contributed by atoms with Gasteiger partial charge in [0.05, 0.1) is 6.04 Å². The molecule has 1 N–H and O–H groups in total. The van der Waals surface area contributed by atoms with Crippen molar-refractivity contribution in [2.45, 2.75) is 32.9 Å². The van der Waals surface area contributed by atoms with Gasteiger partial charge in [0.25, 0.3) is 0 Å². The molecule has 25 heavy (non-hydrogen) atoms. The highest BCUT2D eigenvalue weighted by Gasteiger charge is 2.15. The fraction of sp³-hybridized carbons (Fsp3) is 0.286. The number of carbonyl (C=O) groups is 1. The molecular formula is C21H24N2OS. The van der Waals surface area contributed by atoms with Gasteiger partial charge >= 0.3 is 6.03 Å². The maximum Gasteiger partial charge on any atom is 0.317 e. The molecule has 0 saturated heterocycles. The zero-order valence-electron chi connectivity index (χ0n) is 15.0. The summed E-state index contributed by atoms with van der Waals surface area (Å²) in [4.78, 5) is 14.3. The number of urea groups is 1. The number of carbonyl (C=O) groups excluding carboxylic acids is 1. The van der Waals surface area contributed by atoms with Crippen LogP contribution in [0.2, 0.25) is 0 Å². The van der Waals surface area contributed by atoms with E-state index in [2.05, 4.69) is 54.0 Å². The summed E-state index contributed by atoms with van der Waals surface area (Å²) in [5.74, 6) is 0.